The van der Waals surface area contributed by atoms with Crippen molar-refractivity contribution in [2.75, 3.05) is 20.6 Å². The Morgan fingerprint density at radius 1 is 1.55 bits per heavy atom. The van der Waals surface area contributed by atoms with Crippen LogP contribution in [-0.4, -0.2) is 48.0 Å². The highest BCUT2D eigenvalue weighted by atomic mass is 16.1. The van der Waals surface area contributed by atoms with Crippen molar-refractivity contribution in [1.29, 1.82) is 0 Å². The minimum Gasteiger partial charge on any atom is -0.368 e. The van der Waals surface area contributed by atoms with Gasteiger partial charge in [-0.1, -0.05) is 0 Å². The van der Waals surface area contributed by atoms with Crippen LogP contribution >= 0.6 is 0 Å². The largest absolute Gasteiger partial charge is 0.368 e. The van der Waals surface area contributed by atoms with Gasteiger partial charge in [0.2, 0.25) is 5.91 Å². The van der Waals surface area contributed by atoms with Gasteiger partial charge in [0.25, 0.3) is 0 Å². The topological polar surface area (TPSA) is 71.2 Å². The van der Waals surface area contributed by atoms with E-state index < -0.39 is 5.54 Å². The van der Waals surface area contributed by atoms with Crippen LogP contribution in [0, 0.1) is 0 Å². The Morgan fingerprint density at radius 2 is 2.25 bits per heavy atom. The molecule has 3 N–H and O–H groups in total. The number of carbonyl (C=O) groups excluding carboxylic acids is 1. The summed E-state index contributed by atoms with van der Waals surface area (Å²) >= 11 is 0. The molecule has 0 radical (unpaired) electrons. The summed E-state index contributed by atoms with van der Waals surface area (Å²) in [6.45, 7) is 0.979. The van der Waals surface area contributed by atoms with E-state index in [1.165, 1.54) is 5.56 Å². The molecule has 1 amide bonds. The van der Waals surface area contributed by atoms with Gasteiger partial charge in [0.05, 0.1) is 5.54 Å². The Labute approximate surface area is 120 Å². The van der Waals surface area contributed by atoms with Crippen molar-refractivity contribution >= 4 is 5.91 Å². The minimum atomic E-state index is -0.518. The lowest BCUT2D eigenvalue weighted by Gasteiger charge is -2.28. The first-order chi connectivity index (χ1) is 9.57. The molecule has 2 atom stereocenters. The number of primary amides is 1. The van der Waals surface area contributed by atoms with E-state index in [0.717, 1.165) is 32.2 Å². The molecule has 1 fully saturated rings. The van der Waals surface area contributed by atoms with Crippen molar-refractivity contribution < 1.29 is 4.79 Å². The van der Waals surface area contributed by atoms with Gasteiger partial charge in [0, 0.05) is 25.0 Å². The monoisotopic (exact) mass is 276 g/mol. The molecule has 0 aromatic carbocycles. The maximum atomic E-state index is 11.6. The number of rotatable bonds is 6. The number of amides is 1. The second-order valence-corrected chi connectivity index (χ2v) is 5.68. The number of aromatic nitrogens is 1. The van der Waals surface area contributed by atoms with Crippen LogP contribution in [0.4, 0.5) is 0 Å². The molecule has 5 nitrogen and oxygen atoms in total. The number of nitrogens with zero attached hydrogens (tertiary/aromatic N) is 2. The van der Waals surface area contributed by atoms with Crippen molar-refractivity contribution in [1.82, 2.24) is 15.2 Å². The molecule has 110 valence electrons. The zero-order valence-corrected chi connectivity index (χ0v) is 12.3. The van der Waals surface area contributed by atoms with Gasteiger partial charge < -0.3 is 16.0 Å². The van der Waals surface area contributed by atoms with Crippen LogP contribution in [0.1, 0.15) is 24.8 Å². The lowest BCUT2D eigenvalue weighted by molar-refractivity contribution is -0.124. The van der Waals surface area contributed by atoms with Gasteiger partial charge in [-0.25, -0.2) is 0 Å². The first-order valence-electron chi connectivity index (χ1n) is 7.15. The van der Waals surface area contributed by atoms with Gasteiger partial charge in [-0.15, -0.1) is 0 Å². The van der Waals surface area contributed by atoms with Crippen molar-refractivity contribution in [2.45, 2.75) is 37.3 Å². The first-order valence-corrected chi connectivity index (χ1v) is 7.15. The maximum absolute atomic E-state index is 11.6. The molecular formula is C15H24N4O. The van der Waals surface area contributed by atoms with Gasteiger partial charge >= 0.3 is 0 Å². The average Bonchev–Trinajstić information content (AvgIpc) is 2.92. The summed E-state index contributed by atoms with van der Waals surface area (Å²) in [7, 11) is 3.95. The standard InChI is InChI=1S/C15H24N4O/c1-17-15(14(16)20)7-3-13(11-15)19(2)10-6-12-4-8-18-9-5-12/h4-5,8-9,13,17H,3,6-7,10-11H2,1-2H3,(H2,16,20). The van der Waals surface area contributed by atoms with Gasteiger partial charge in [-0.05, 0) is 57.5 Å². The van der Waals surface area contributed by atoms with Crippen molar-refractivity contribution in [3.05, 3.63) is 30.1 Å². The smallest absolute Gasteiger partial charge is 0.237 e. The molecule has 0 saturated heterocycles. The second-order valence-electron chi connectivity index (χ2n) is 5.68. The third kappa shape index (κ3) is 3.16. The summed E-state index contributed by atoms with van der Waals surface area (Å²) in [6.07, 6.45) is 7.28. The molecular weight excluding hydrogens is 252 g/mol. The van der Waals surface area contributed by atoms with Gasteiger partial charge in [0.15, 0.2) is 0 Å². The van der Waals surface area contributed by atoms with E-state index in [4.69, 9.17) is 5.73 Å². The molecule has 1 heterocycles. The molecule has 1 aromatic rings. The summed E-state index contributed by atoms with van der Waals surface area (Å²) in [5, 5.41) is 3.13. The predicted octanol–water partition coefficient (Wildman–Crippen LogP) is 0.552. The number of nitrogens with two attached hydrogens (primary N) is 1. The molecule has 0 spiro atoms. The van der Waals surface area contributed by atoms with Crippen LogP contribution in [0.5, 0.6) is 0 Å². The zero-order chi connectivity index (χ0) is 14.6. The summed E-state index contributed by atoms with van der Waals surface area (Å²) in [5.74, 6) is -0.231. The molecule has 1 saturated carbocycles. The van der Waals surface area contributed by atoms with E-state index in [9.17, 15) is 4.79 Å². The normalized spacial score (nSPS) is 26.1. The fraction of sp³-hybridized carbons (Fsp3) is 0.600. The van der Waals surface area contributed by atoms with Crippen LogP contribution in [0.25, 0.3) is 0 Å². The van der Waals surface area contributed by atoms with Crippen molar-refractivity contribution in [3.8, 4) is 0 Å². The van der Waals surface area contributed by atoms with E-state index in [0.29, 0.717) is 6.04 Å². The summed E-state index contributed by atoms with van der Waals surface area (Å²) in [5.41, 5.74) is 6.32. The van der Waals surface area contributed by atoms with Crippen LogP contribution < -0.4 is 11.1 Å². The number of pyridine rings is 1. The Bertz CT molecular complexity index is 450. The molecule has 0 bridgehead atoms. The highest BCUT2D eigenvalue weighted by Crippen LogP contribution is 2.32. The number of hydrogen-bond acceptors (Lipinski definition) is 4. The number of carbonyl (C=O) groups is 1. The van der Waals surface area contributed by atoms with Crippen LogP contribution in [0.3, 0.4) is 0 Å². The SMILES string of the molecule is CNC1(C(N)=O)CCC(N(C)CCc2ccncc2)C1. The van der Waals surface area contributed by atoms with E-state index in [-0.39, 0.29) is 5.91 Å². The number of hydrogen-bond donors (Lipinski definition) is 2. The van der Waals surface area contributed by atoms with E-state index >= 15 is 0 Å². The Balaban J connectivity index is 1.88. The molecule has 1 aliphatic carbocycles. The van der Waals surface area contributed by atoms with E-state index in [1.54, 1.807) is 0 Å². The molecule has 5 heteroatoms. The average molecular weight is 276 g/mol. The molecule has 1 aromatic heterocycles. The lowest BCUT2D eigenvalue weighted by Crippen LogP contribution is -2.53. The van der Waals surface area contributed by atoms with Gasteiger partial charge in [-0.2, -0.15) is 0 Å². The summed E-state index contributed by atoms with van der Waals surface area (Å²) in [6, 6.07) is 4.50. The predicted molar refractivity (Wildman–Crippen MR) is 79.2 cm³/mol. The van der Waals surface area contributed by atoms with E-state index in [1.807, 2.05) is 31.6 Å². The fourth-order valence-corrected chi connectivity index (χ4v) is 3.01. The Hall–Kier alpha value is -1.46. The van der Waals surface area contributed by atoms with Gasteiger partial charge in [0.1, 0.15) is 0 Å². The van der Waals surface area contributed by atoms with Crippen LogP contribution in [-0.2, 0) is 11.2 Å². The third-order valence-electron chi connectivity index (χ3n) is 4.56. The van der Waals surface area contributed by atoms with Crippen molar-refractivity contribution in [3.63, 3.8) is 0 Å². The molecule has 2 rings (SSSR count). The Morgan fingerprint density at radius 3 is 2.80 bits per heavy atom. The van der Waals surface area contributed by atoms with Gasteiger partial charge in [-0.3, -0.25) is 9.78 Å². The molecule has 1 aliphatic rings. The first kappa shape index (κ1) is 14.9. The lowest BCUT2D eigenvalue weighted by atomic mass is 9.96. The van der Waals surface area contributed by atoms with Crippen LogP contribution in [0.15, 0.2) is 24.5 Å². The zero-order valence-electron chi connectivity index (χ0n) is 12.3. The minimum absolute atomic E-state index is 0.231. The number of likely N-dealkylation sites (N-methyl/N-ethyl adjacent to an activating group) is 2. The maximum Gasteiger partial charge on any atom is 0.237 e. The summed E-state index contributed by atoms with van der Waals surface area (Å²) in [4.78, 5) is 18.0. The Kier molecular flexibility index (Phi) is 4.73. The third-order valence-corrected chi connectivity index (χ3v) is 4.56. The van der Waals surface area contributed by atoms with E-state index in [2.05, 4.69) is 22.2 Å². The summed E-state index contributed by atoms with van der Waals surface area (Å²) < 4.78 is 0. The van der Waals surface area contributed by atoms with Crippen molar-refractivity contribution in [2.24, 2.45) is 5.73 Å². The quantitative estimate of drug-likeness (QED) is 0.796. The molecule has 2 unspecified atom stereocenters. The second kappa shape index (κ2) is 6.33. The molecule has 20 heavy (non-hydrogen) atoms. The highest BCUT2D eigenvalue weighted by Gasteiger charge is 2.43. The van der Waals surface area contributed by atoms with Crippen LogP contribution in [0.2, 0.25) is 0 Å². The molecule has 0 aliphatic heterocycles. The fourth-order valence-electron chi connectivity index (χ4n) is 3.01. The number of nitrogens with one attached hydrogen (secondary N) is 1. The highest BCUT2D eigenvalue weighted by molar-refractivity contribution is 5.85.